The molecule has 7 nitrogen and oxygen atoms in total. The third kappa shape index (κ3) is 3.60. The SMILES string of the molecule is CCOc1c(Br)cc(/C=N\n2c(=O)cn[nH]c2=S)cc1OC. The van der Waals surface area contributed by atoms with E-state index in [1.807, 2.05) is 6.92 Å². The van der Waals surface area contributed by atoms with Crippen molar-refractivity contribution >= 4 is 34.4 Å². The number of rotatable bonds is 5. The number of nitrogens with one attached hydrogen (secondary N) is 1. The van der Waals surface area contributed by atoms with Crippen molar-refractivity contribution in [3.8, 4) is 11.5 Å². The van der Waals surface area contributed by atoms with Gasteiger partial charge in [0, 0.05) is 0 Å². The molecule has 0 fully saturated rings. The number of hydrogen-bond acceptors (Lipinski definition) is 6. The highest BCUT2D eigenvalue weighted by molar-refractivity contribution is 9.10. The Hall–Kier alpha value is -2.00. The number of hydrogen-bond donors (Lipinski definition) is 1. The number of halogens is 1. The molecule has 0 atom stereocenters. The summed E-state index contributed by atoms with van der Waals surface area (Å²) in [5.41, 5.74) is 0.294. The third-order valence-electron chi connectivity index (χ3n) is 2.60. The molecule has 0 spiro atoms. The molecule has 2 aromatic rings. The zero-order valence-electron chi connectivity index (χ0n) is 11.9. The average molecular weight is 385 g/mol. The van der Waals surface area contributed by atoms with Gasteiger partial charge in [0.15, 0.2) is 11.5 Å². The summed E-state index contributed by atoms with van der Waals surface area (Å²) in [5, 5.41) is 10.1. The van der Waals surface area contributed by atoms with Crippen molar-refractivity contribution in [2.24, 2.45) is 5.10 Å². The molecule has 0 unspecified atom stereocenters. The minimum atomic E-state index is -0.419. The van der Waals surface area contributed by atoms with Crippen LogP contribution in [0.3, 0.4) is 0 Å². The maximum Gasteiger partial charge on any atom is 0.293 e. The molecule has 1 aromatic heterocycles. The molecule has 1 heterocycles. The summed E-state index contributed by atoms with van der Waals surface area (Å²) >= 11 is 8.38. The van der Waals surface area contributed by atoms with Crippen molar-refractivity contribution in [3.63, 3.8) is 0 Å². The van der Waals surface area contributed by atoms with Gasteiger partial charge in [-0.25, -0.2) is 0 Å². The molecule has 0 aliphatic rings. The second kappa shape index (κ2) is 7.32. The normalized spacial score (nSPS) is 10.9. The lowest BCUT2D eigenvalue weighted by Crippen LogP contribution is -2.18. The van der Waals surface area contributed by atoms with Crippen molar-refractivity contribution in [1.29, 1.82) is 0 Å². The van der Waals surface area contributed by atoms with Gasteiger partial charge < -0.3 is 9.47 Å². The number of aromatic nitrogens is 3. The van der Waals surface area contributed by atoms with Gasteiger partial charge in [-0.1, -0.05) is 0 Å². The van der Waals surface area contributed by atoms with E-state index in [0.717, 1.165) is 15.3 Å². The first-order valence-electron chi connectivity index (χ1n) is 6.28. The van der Waals surface area contributed by atoms with Crippen LogP contribution in [0.2, 0.25) is 0 Å². The van der Waals surface area contributed by atoms with Crippen LogP contribution in [-0.2, 0) is 0 Å². The Bertz CT molecular complexity index is 787. The Morgan fingerprint density at radius 2 is 2.32 bits per heavy atom. The molecule has 22 heavy (non-hydrogen) atoms. The summed E-state index contributed by atoms with van der Waals surface area (Å²) in [6.07, 6.45) is 2.59. The molecule has 0 bridgehead atoms. The maximum absolute atomic E-state index is 11.6. The van der Waals surface area contributed by atoms with Gasteiger partial charge in [0.25, 0.3) is 5.56 Å². The van der Waals surface area contributed by atoms with Crippen molar-refractivity contribution in [3.05, 3.63) is 43.5 Å². The largest absolute Gasteiger partial charge is 0.493 e. The van der Waals surface area contributed by atoms with Crippen LogP contribution in [0.1, 0.15) is 12.5 Å². The molecule has 1 aromatic carbocycles. The second-order valence-corrected chi connectivity index (χ2v) is 5.28. The highest BCUT2D eigenvalue weighted by atomic mass is 79.9. The first-order valence-corrected chi connectivity index (χ1v) is 7.48. The maximum atomic E-state index is 11.6. The first-order chi connectivity index (χ1) is 10.6. The Kier molecular flexibility index (Phi) is 5.45. The van der Waals surface area contributed by atoms with Crippen LogP contribution in [0.15, 0.2) is 32.7 Å². The molecule has 0 saturated heterocycles. The quantitative estimate of drug-likeness (QED) is 0.631. The van der Waals surface area contributed by atoms with E-state index < -0.39 is 5.56 Å². The molecular formula is C13H13BrN4O3S. The van der Waals surface area contributed by atoms with E-state index in [1.165, 1.54) is 6.21 Å². The summed E-state index contributed by atoms with van der Waals surface area (Å²) < 4.78 is 12.7. The van der Waals surface area contributed by atoms with Crippen LogP contribution in [0.4, 0.5) is 0 Å². The molecule has 1 N–H and O–H groups in total. The van der Waals surface area contributed by atoms with Crippen molar-refractivity contribution < 1.29 is 9.47 Å². The van der Waals surface area contributed by atoms with Gasteiger partial charge in [-0.3, -0.25) is 9.89 Å². The van der Waals surface area contributed by atoms with Gasteiger partial charge in [0.05, 0.1) is 24.4 Å². The fourth-order valence-electron chi connectivity index (χ4n) is 1.68. The zero-order chi connectivity index (χ0) is 16.1. The zero-order valence-corrected chi connectivity index (χ0v) is 14.3. The lowest BCUT2D eigenvalue weighted by Gasteiger charge is -2.11. The molecule has 0 aliphatic heterocycles. The van der Waals surface area contributed by atoms with E-state index in [2.05, 4.69) is 31.2 Å². The van der Waals surface area contributed by atoms with E-state index in [4.69, 9.17) is 21.7 Å². The van der Waals surface area contributed by atoms with Crippen LogP contribution in [0, 0.1) is 4.77 Å². The van der Waals surface area contributed by atoms with Gasteiger partial charge in [-0.2, -0.15) is 14.9 Å². The van der Waals surface area contributed by atoms with Crippen LogP contribution in [0.5, 0.6) is 11.5 Å². The van der Waals surface area contributed by atoms with E-state index in [0.29, 0.717) is 23.7 Å². The number of H-pyrrole nitrogens is 1. The van der Waals surface area contributed by atoms with E-state index in [1.54, 1.807) is 19.2 Å². The Morgan fingerprint density at radius 1 is 1.55 bits per heavy atom. The summed E-state index contributed by atoms with van der Waals surface area (Å²) in [6.45, 7) is 2.41. The number of benzene rings is 1. The van der Waals surface area contributed by atoms with E-state index >= 15 is 0 Å². The standard InChI is InChI=1S/C13H13BrN4O3S/c1-3-21-12-9(14)4-8(5-10(12)20-2)6-16-18-11(19)7-15-17-13(18)22/h4-7H,3H2,1-2H3,(H,17,22)/b16-6-. The molecule has 0 amide bonds. The minimum Gasteiger partial charge on any atom is -0.493 e. The molecule has 0 aliphatic carbocycles. The van der Waals surface area contributed by atoms with Crippen LogP contribution >= 0.6 is 28.1 Å². The number of methoxy groups -OCH3 is 1. The van der Waals surface area contributed by atoms with Crippen LogP contribution in [0.25, 0.3) is 0 Å². The summed E-state index contributed by atoms with van der Waals surface area (Å²) in [7, 11) is 1.55. The highest BCUT2D eigenvalue weighted by Crippen LogP contribution is 2.36. The lowest BCUT2D eigenvalue weighted by atomic mass is 10.2. The van der Waals surface area contributed by atoms with Crippen molar-refractivity contribution in [2.45, 2.75) is 6.92 Å². The summed E-state index contributed by atoms with van der Waals surface area (Å²) in [6, 6.07) is 3.55. The molecule has 2 rings (SSSR count). The second-order valence-electron chi connectivity index (χ2n) is 4.04. The predicted octanol–water partition coefficient (Wildman–Crippen LogP) is 2.35. The predicted molar refractivity (Wildman–Crippen MR) is 88.5 cm³/mol. The summed E-state index contributed by atoms with van der Waals surface area (Å²) in [5.74, 6) is 1.17. The van der Waals surface area contributed by atoms with Gasteiger partial charge >= 0.3 is 0 Å². The molecule has 9 heteroatoms. The Morgan fingerprint density at radius 3 is 2.95 bits per heavy atom. The molecule has 116 valence electrons. The number of nitrogens with zero attached hydrogens (tertiary/aromatic N) is 3. The molecule has 0 radical (unpaired) electrons. The van der Waals surface area contributed by atoms with Gasteiger partial charge in [-0.05, 0) is 52.8 Å². The Balaban J connectivity index is 2.42. The fourth-order valence-corrected chi connectivity index (χ4v) is 2.44. The third-order valence-corrected chi connectivity index (χ3v) is 3.45. The topological polar surface area (TPSA) is 81.5 Å². The van der Waals surface area contributed by atoms with Crippen molar-refractivity contribution in [1.82, 2.24) is 14.9 Å². The average Bonchev–Trinajstić information content (AvgIpc) is 2.49. The van der Waals surface area contributed by atoms with Crippen LogP contribution in [-0.4, -0.2) is 34.8 Å². The molecular weight excluding hydrogens is 372 g/mol. The first kappa shape index (κ1) is 16.4. The van der Waals surface area contributed by atoms with Crippen molar-refractivity contribution in [2.75, 3.05) is 13.7 Å². The Labute approximate surface area is 139 Å². The van der Waals surface area contributed by atoms with Gasteiger partial charge in [0.1, 0.15) is 6.20 Å². The van der Waals surface area contributed by atoms with Gasteiger partial charge in [0.2, 0.25) is 4.77 Å². The number of aromatic amines is 1. The van der Waals surface area contributed by atoms with Crippen LogP contribution < -0.4 is 15.0 Å². The van der Waals surface area contributed by atoms with E-state index in [9.17, 15) is 4.79 Å². The lowest BCUT2D eigenvalue weighted by molar-refractivity contribution is 0.309. The summed E-state index contributed by atoms with van der Waals surface area (Å²) in [4.78, 5) is 11.6. The number of ether oxygens (including phenoxy) is 2. The molecule has 0 saturated carbocycles. The minimum absolute atomic E-state index is 0.112. The highest BCUT2D eigenvalue weighted by Gasteiger charge is 2.10. The fraction of sp³-hybridized carbons (Fsp3) is 0.231. The monoisotopic (exact) mass is 384 g/mol. The van der Waals surface area contributed by atoms with E-state index in [-0.39, 0.29) is 4.77 Å². The smallest absolute Gasteiger partial charge is 0.293 e. The van der Waals surface area contributed by atoms with Gasteiger partial charge in [-0.15, -0.1) is 0 Å².